The predicted molar refractivity (Wildman–Crippen MR) is 91.2 cm³/mol. The van der Waals surface area contributed by atoms with Gasteiger partial charge < -0.3 is 5.11 Å². The van der Waals surface area contributed by atoms with E-state index in [4.69, 9.17) is 5.11 Å². The standard InChI is InChI=1S/C20H34O/c1-15(11-14-21)9-12-19(4)17(3)10-13-20(5)16(2)7-6-8-18(19)20/h11,17-18,21H,2,6-10,12-14H2,1,3-5H3/b15-11+/t17-,18-,19+,20+/m1/s1. The summed E-state index contributed by atoms with van der Waals surface area (Å²) < 4.78 is 0. The lowest BCUT2D eigenvalue weighted by molar-refractivity contribution is -0.0543. The largest absolute Gasteiger partial charge is 0.392 e. The van der Waals surface area contributed by atoms with Crippen LogP contribution >= 0.6 is 0 Å². The number of allylic oxidation sites excluding steroid dienone is 2. The first-order chi connectivity index (χ1) is 9.84. The van der Waals surface area contributed by atoms with Gasteiger partial charge >= 0.3 is 0 Å². The average molecular weight is 290 g/mol. The second-order valence-electron chi connectivity index (χ2n) is 8.14. The SMILES string of the molecule is C=C1CCC[C@@H]2[C@@](C)(CC/C(C)=C/CO)[C@H](C)CC[C@@]12C. The van der Waals surface area contributed by atoms with Crippen LogP contribution in [0.4, 0.5) is 0 Å². The molecule has 1 N–H and O–H groups in total. The monoisotopic (exact) mass is 290 g/mol. The second kappa shape index (κ2) is 6.28. The van der Waals surface area contributed by atoms with Crippen molar-refractivity contribution in [3.8, 4) is 0 Å². The summed E-state index contributed by atoms with van der Waals surface area (Å²) in [5.74, 6) is 1.58. The van der Waals surface area contributed by atoms with Gasteiger partial charge in [-0.05, 0) is 74.5 Å². The lowest BCUT2D eigenvalue weighted by Gasteiger charge is -2.59. The molecule has 2 aliphatic carbocycles. The number of aliphatic hydroxyl groups is 1. The minimum Gasteiger partial charge on any atom is -0.392 e. The molecule has 0 spiro atoms. The van der Waals surface area contributed by atoms with Crippen LogP contribution in [-0.4, -0.2) is 11.7 Å². The molecule has 120 valence electrons. The number of aliphatic hydroxyl groups excluding tert-OH is 1. The molecule has 0 heterocycles. The van der Waals surface area contributed by atoms with Gasteiger partial charge in [0, 0.05) is 0 Å². The summed E-state index contributed by atoms with van der Waals surface area (Å²) in [6.07, 6.45) is 11.0. The smallest absolute Gasteiger partial charge is 0.0614 e. The predicted octanol–water partition coefficient (Wildman–Crippen LogP) is 5.50. The molecule has 1 heteroatoms. The summed E-state index contributed by atoms with van der Waals surface area (Å²) in [5.41, 5.74) is 3.64. The highest BCUT2D eigenvalue weighted by Crippen LogP contribution is 2.62. The zero-order valence-corrected chi connectivity index (χ0v) is 14.5. The van der Waals surface area contributed by atoms with Crippen LogP contribution in [0.1, 0.15) is 72.6 Å². The Morgan fingerprint density at radius 2 is 2.10 bits per heavy atom. The van der Waals surface area contributed by atoms with E-state index in [1.807, 2.05) is 6.08 Å². The third-order valence-corrected chi connectivity index (χ3v) is 7.06. The first-order valence-electron chi connectivity index (χ1n) is 8.79. The van der Waals surface area contributed by atoms with E-state index in [1.165, 1.54) is 49.7 Å². The van der Waals surface area contributed by atoms with E-state index in [0.717, 1.165) is 18.3 Å². The van der Waals surface area contributed by atoms with Gasteiger partial charge in [-0.25, -0.2) is 0 Å². The van der Waals surface area contributed by atoms with Crippen molar-refractivity contribution in [2.24, 2.45) is 22.7 Å². The highest BCUT2D eigenvalue weighted by Gasteiger charge is 2.53. The molecule has 1 nitrogen and oxygen atoms in total. The Hall–Kier alpha value is -0.560. The van der Waals surface area contributed by atoms with E-state index < -0.39 is 0 Å². The maximum absolute atomic E-state index is 9.07. The molecular formula is C20H34O. The van der Waals surface area contributed by atoms with Crippen LogP contribution in [0.15, 0.2) is 23.8 Å². The lowest BCUT2D eigenvalue weighted by Crippen LogP contribution is -2.50. The van der Waals surface area contributed by atoms with Crippen molar-refractivity contribution in [3.63, 3.8) is 0 Å². The summed E-state index contributed by atoms with van der Waals surface area (Å²) in [7, 11) is 0. The van der Waals surface area contributed by atoms with Crippen LogP contribution in [0.25, 0.3) is 0 Å². The Morgan fingerprint density at radius 1 is 1.38 bits per heavy atom. The van der Waals surface area contributed by atoms with Crippen molar-refractivity contribution >= 4 is 0 Å². The highest BCUT2D eigenvalue weighted by atomic mass is 16.2. The fourth-order valence-electron chi connectivity index (χ4n) is 5.11. The number of hydrogen-bond donors (Lipinski definition) is 1. The molecule has 0 aliphatic heterocycles. The van der Waals surface area contributed by atoms with Gasteiger partial charge in [-0.3, -0.25) is 0 Å². The van der Waals surface area contributed by atoms with Crippen molar-refractivity contribution in [1.82, 2.24) is 0 Å². The molecule has 0 aromatic rings. The van der Waals surface area contributed by atoms with Crippen LogP contribution in [0.5, 0.6) is 0 Å². The van der Waals surface area contributed by atoms with Crippen molar-refractivity contribution in [1.29, 1.82) is 0 Å². The normalized spacial score (nSPS) is 41.0. The van der Waals surface area contributed by atoms with Crippen LogP contribution in [-0.2, 0) is 0 Å². The third-order valence-electron chi connectivity index (χ3n) is 7.06. The first-order valence-corrected chi connectivity index (χ1v) is 8.79. The average Bonchev–Trinajstić information content (AvgIpc) is 2.44. The molecule has 0 bridgehead atoms. The van der Waals surface area contributed by atoms with Gasteiger partial charge in [0.1, 0.15) is 0 Å². The quantitative estimate of drug-likeness (QED) is 0.677. The second-order valence-corrected chi connectivity index (χ2v) is 8.14. The molecule has 0 radical (unpaired) electrons. The summed E-state index contributed by atoms with van der Waals surface area (Å²) in [6.45, 7) is 14.3. The number of fused-ring (bicyclic) bond motifs is 1. The minimum atomic E-state index is 0.177. The summed E-state index contributed by atoms with van der Waals surface area (Å²) in [5, 5.41) is 9.07. The van der Waals surface area contributed by atoms with Crippen LogP contribution in [0, 0.1) is 22.7 Å². The molecule has 21 heavy (non-hydrogen) atoms. The van der Waals surface area contributed by atoms with Crippen molar-refractivity contribution in [2.75, 3.05) is 6.61 Å². The van der Waals surface area contributed by atoms with Crippen LogP contribution < -0.4 is 0 Å². The zero-order valence-electron chi connectivity index (χ0n) is 14.5. The van der Waals surface area contributed by atoms with Crippen molar-refractivity contribution < 1.29 is 5.11 Å². The Balaban J connectivity index is 2.21. The van der Waals surface area contributed by atoms with E-state index in [9.17, 15) is 0 Å². The Labute approximate surface area is 131 Å². The fraction of sp³-hybridized carbons (Fsp3) is 0.800. The molecule has 4 atom stereocenters. The lowest BCUT2D eigenvalue weighted by atomic mass is 9.46. The molecule has 0 aromatic carbocycles. The fourth-order valence-corrected chi connectivity index (χ4v) is 5.11. The van der Waals surface area contributed by atoms with E-state index in [1.54, 1.807) is 0 Å². The molecule has 2 rings (SSSR count). The molecule has 2 aliphatic rings. The molecule has 0 aromatic heterocycles. The first kappa shape index (κ1) is 16.8. The topological polar surface area (TPSA) is 20.2 Å². The van der Waals surface area contributed by atoms with Crippen molar-refractivity contribution in [2.45, 2.75) is 72.6 Å². The van der Waals surface area contributed by atoms with E-state index >= 15 is 0 Å². The van der Waals surface area contributed by atoms with E-state index in [2.05, 4.69) is 34.3 Å². The Morgan fingerprint density at radius 3 is 2.76 bits per heavy atom. The number of hydrogen-bond acceptors (Lipinski definition) is 1. The molecule has 2 fully saturated rings. The minimum absolute atomic E-state index is 0.177. The zero-order chi connectivity index (χ0) is 15.7. The molecule has 0 saturated heterocycles. The van der Waals surface area contributed by atoms with Gasteiger partial charge in [-0.15, -0.1) is 0 Å². The van der Waals surface area contributed by atoms with Gasteiger partial charge in [-0.2, -0.15) is 0 Å². The van der Waals surface area contributed by atoms with Gasteiger partial charge in [0.15, 0.2) is 0 Å². The summed E-state index contributed by atoms with van der Waals surface area (Å²) in [4.78, 5) is 0. The van der Waals surface area contributed by atoms with Gasteiger partial charge in [0.2, 0.25) is 0 Å². The third kappa shape index (κ3) is 2.99. The summed E-state index contributed by atoms with van der Waals surface area (Å²) >= 11 is 0. The maximum Gasteiger partial charge on any atom is 0.0614 e. The Kier molecular flexibility index (Phi) is 5.03. The molecule has 2 saturated carbocycles. The van der Waals surface area contributed by atoms with Crippen LogP contribution in [0.2, 0.25) is 0 Å². The van der Waals surface area contributed by atoms with E-state index in [-0.39, 0.29) is 6.61 Å². The maximum atomic E-state index is 9.07. The highest BCUT2D eigenvalue weighted by molar-refractivity contribution is 5.19. The van der Waals surface area contributed by atoms with Gasteiger partial charge in [0.25, 0.3) is 0 Å². The molecular weight excluding hydrogens is 256 g/mol. The van der Waals surface area contributed by atoms with Crippen LogP contribution in [0.3, 0.4) is 0 Å². The molecule has 0 unspecified atom stereocenters. The van der Waals surface area contributed by atoms with Gasteiger partial charge in [-0.1, -0.05) is 44.6 Å². The molecule has 0 amide bonds. The number of rotatable bonds is 4. The summed E-state index contributed by atoms with van der Waals surface area (Å²) in [6, 6.07) is 0. The Bertz CT molecular complexity index is 422. The van der Waals surface area contributed by atoms with Gasteiger partial charge in [0.05, 0.1) is 6.61 Å². The van der Waals surface area contributed by atoms with E-state index in [0.29, 0.717) is 10.8 Å². The van der Waals surface area contributed by atoms with Crippen molar-refractivity contribution in [3.05, 3.63) is 23.8 Å².